The van der Waals surface area contributed by atoms with E-state index in [0.29, 0.717) is 30.8 Å². The molecule has 0 spiro atoms. The topological polar surface area (TPSA) is 118 Å². The lowest BCUT2D eigenvalue weighted by atomic mass is 9.93. The number of hydrogen-bond donors (Lipinski definition) is 2. The number of aromatic hydroxyl groups is 1. The summed E-state index contributed by atoms with van der Waals surface area (Å²) in [5, 5.41) is 14.2. The highest BCUT2D eigenvalue weighted by molar-refractivity contribution is 5.86. The van der Waals surface area contributed by atoms with Crippen LogP contribution < -0.4 is 19.7 Å². The monoisotopic (exact) mass is 521 g/mol. The van der Waals surface area contributed by atoms with E-state index in [9.17, 15) is 5.11 Å². The van der Waals surface area contributed by atoms with Crippen molar-refractivity contribution in [1.29, 1.82) is 0 Å². The Morgan fingerprint density at radius 2 is 1.71 bits per heavy atom. The molecule has 2 saturated heterocycles. The fraction of sp³-hybridized carbons (Fsp3) is 0.556. The van der Waals surface area contributed by atoms with Crippen molar-refractivity contribution in [2.24, 2.45) is 0 Å². The number of likely N-dealkylation sites (tertiary alicyclic amines) is 1. The molecule has 5 heterocycles. The highest BCUT2D eigenvalue weighted by atomic mass is 16.5. The van der Waals surface area contributed by atoms with Crippen LogP contribution in [0.4, 0.5) is 11.8 Å². The van der Waals surface area contributed by atoms with Crippen molar-refractivity contribution in [3.05, 3.63) is 30.7 Å². The predicted molar refractivity (Wildman–Crippen MR) is 143 cm³/mol. The van der Waals surface area contributed by atoms with Gasteiger partial charge in [0.25, 0.3) is 0 Å². The van der Waals surface area contributed by atoms with Crippen molar-refractivity contribution in [2.75, 3.05) is 56.7 Å². The SMILES string of the molecule is CN1CC[C@@H](Oc2cnc(NC3CCC(Oc4nc(N5CCOCC5)cc5ncc(O)cc45)CC3)nc2)C1. The average Bonchev–Trinajstić information content (AvgIpc) is 3.35. The Balaban J connectivity index is 1.06. The highest BCUT2D eigenvalue weighted by Gasteiger charge is 2.26. The number of likely N-dealkylation sites (N-methyl/N-ethyl adjacent to an activating group) is 1. The lowest BCUT2D eigenvalue weighted by molar-refractivity contribution is 0.122. The number of nitrogens with zero attached hydrogens (tertiary/aromatic N) is 6. The number of aromatic nitrogens is 4. The molecule has 1 atom stereocenters. The van der Waals surface area contributed by atoms with Gasteiger partial charge in [-0.1, -0.05) is 0 Å². The van der Waals surface area contributed by atoms with Gasteiger partial charge in [0.1, 0.15) is 23.8 Å². The van der Waals surface area contributed by atoms with Gasteiger partial charge in [-0.25, -0.2) is 9.97 Å². The van der Waals surface area contributed by atoms with Gasteiger partial charge in [0.05, 0.1) is 42.7 Å². The molecule has 3 fully saturated rings. The minimum atomic E-state index is 0.0345. The molecule has 6 rings (SSSR count). The standard InChI is InChI=1S/C27H35N7O4/c1-33-7-6-21(17-33)37-22-15-29-27(30-16-22)31-18-2-4-20(5-3-18)38-26-23-12-19(35)14-28-24(23)13-25(32-26)34-8-10-36-11-9-34/h12-16,18,20-21,35H,2-11,17H2,1H3,(H,29,30,31)/t18?,20?,21-/m1/s1. The van der Waals surface area contributed by atoms with Gasteiger partial charge < -0.3 is 34.4 Å². The van der Waals surface area contributed by atoms with Gasteiger partial charge in [0.15, 0.2) is 5.75 Å². The summed E-state index contributed by atoms with van der Waals surface area (Å²) in [5.41, 5.74) is 0.758. The number of ether oxygens (including phenoxy) is 3. The third-order valence-electron chi connectivity index (χ3n) is 7.52. The highest BCUT2D eigenvalue weighted by Crippen LogP contribution is 2.33. The summed E-state index contributed by atoms with van der Waals surface area (Å²) < 4.78 is 17.9. The van der Waals surface area contributed by atoms with E-state index in [4.69, 9.17) is 19.2 Å². The number of nitrogens with one attached hydrogen (secondary N) is 1. The molecule has 1 aliphatic carbocycles. The molecule has 0 unspecified atom stereocenters. The molecule has 11 heteroatoms. The van der Waals surface area contributed by atoms with Crippen LogP contribution in [0, 0.1) is 0 Å². The van der Waals surface area contributed by atoms with Crippen LogP contribution in [0.2, 0.25) is 0 Å². The van der Waals surface area contributed by atoms with Crippen LogP contribution in [0.1, 0.15) is 32.1 Å². The summed E-state index contributed by atoms with van der Waals surface area (Å²) in [6.45, 7) is 4.90. The van der Waals surface area contributed by atoms with E-state index >= 15 is 0 Å². The maximum Gasteiger partial charge on any atom is 0.225 e. The number of rotatable bonds is 7. The Hall–Kier alpha value is -3.44. The summed E-state index contributed by atoms with van der Waals surface area (Å²) >= 11 is 0. The zero-order chi connectivity index (χ0) is 25.9. The molecule has 3 aromatic rings. The fourth-order valence-corrected chi connectivity index (χ4v) is 5.41. The maximum atomic E-state index is 10.0. The first-order valence-electron chi connectivity index (χ1n) is 13.5. The number of anilines is 2. The smallest absolute Gasteiger partial charge is 0.225 e. The second-order valence-electron chi connectivity index (χ2n) is 10.4. The zero-order valence-corrected chi connectivity index (χ0v) is 21.8. The van der Waals surface area contributed by atoms with Crippen molar-refractivity contribution >= 4 is 22.7 Å². The summed E-state index contributed by atoms with van der Waals surface area (Å²) in [6.07, 6.45) is 9.87. The molecule has 11 nitrogen and oxygen atoms in total. The maximum absolute atomic E-state index is 10.0. The molecule has 2 N–H and O–H groups in total. The minimum Gasteiger partial charge on any atom is -0.506 e. The lowest BCUT2D eigenvalue weighted by Gasteiger charge is -2.31. The van der Waals surface area contributed by atoms with Crippen LogP contribution in [-0.4, -0.2) is 94.6 Å². The van der Waals surface area contributed by atoms with E-state index in [1.165, 1.54) is 6.20 Å². The lowest BCUT2D eigenvalue weighted by Crippen LogP contribution is -2.37. The van der Waals surface area contributed by atoms with E-state index in [0.717, 1.165) is 75.0 Å². The van der Waals surface area contributed by atoms with Crippen molar-refractivity contribution in [1.82, 2.24) is 24.8 Å². The van der Waals surface area contributed by atoms with Gasteiger partial charge in [0.2, 0.25) is 11.8 Å². The molecule has 0 aromatic carbocycles. The number of morpholine rings is 1. The molecule has 0 bridgehead atoms. The first-order valence-corrected chi connectivity index (χ1v) is 13.5. The second kappa shape index (κ2) is 11.1. The predicted octanol–water partition coefficient (Wildman–Crippen LogP) is 2.85. The summed E-state index contributed by atoms with van der Waals surface area (Å²) in [6, 6.07) is 3.91. The summed E-state index contributed by atoms with van der Waals surface area (Å²) in [5.74, 6) is 2.79. The molecule has 0 radical (unpaired) electrons. The normalized spacial score (nSPS) is 24.4. The van der Waals surface area contributed by atoms with Gasteiger partial charge in [0, 0.05) is 38.3 Å². The van der Waals surface area contributed by atoms with Crippen molar-refractivity contribution in [3.63, 3.8) is 0 Å². The van der Waals surface area contributed by atoms with Gasteiger partial charge in [-0.2, -0.15) is 4.98 Å². The van der Waals surface area contributed by atoms with Gasteiger partial charge in [-0.05, 0) is 45.2 Å². The van der Waals surface area contributed by atoms with Crippen LogP contribution in [0.5, 0.6) is 17.4 Å². The Morgan fingerprint density at radius 1 is 0.921 bits per heavy atom. The number of fused-ring (bicyclic) bond motifs is 1. The van der Waals surface area contributed by atoms with E-state index in [2.05, 4.69) is 37.1 Å². The minimum absolute atomic E-state index is 0.0345. The Labute approximate surface area is 222 Å². The number of hydrogen-bond acceptors (Lipinski definition) is 11. The molecule has 0 amide bonds. The van der Waals surface area contributed by atoms with E-state index in [1.807, 2.05) is 6.07 Å². The summed E-state index contributed by atoms with van der Waals surface area (Å²) in [7, 11) is 2.11. The Bertz CT molecular complexity index is 1230. The van der Waals surface area contributed by atoms with Crippen molar-refractivity contribution in [3.8, 4) is 17.4 Å². The van der Waals surface area contributed by atoms with Gasteiger partial charge >= 0.3 is 0 Å². The molecular weight excluding hydrogens is 486 g/mol. The Kier molecular flexibility index (Phi) is 7.28. The third kappa shape index (κ3) is 5.83. The second-order valence-corrected chi connectivity index (χ2v) is 10.4. The van der Waals surface area contributed by atoms with Crippen LogP contribution in [-0.2, 0) is 4.74 Å². The zero-order valence-electron chi connectivity index (χ0n) is 21.8. The molecular formula is C27H35N7O4. The Morgan fingerprint density at radius 3 is 2.45 bits per heavy atom. The quantitative estimate of drug-likeness (QED) is 0.478. The molecule has 202 valence electrons. The first kappa shape index (κ1) is 24.9. The average molecular weight is 522 g/mol. The summed E-state index contributed by atoms with van der Waals surface area (Å²) in [4.78, 5) is 22.7. The van der Waals surface area contributed by atoms with Gasteiger partial charge in [-0.3, -0.25) is 4.98 Å². The molecule has 1 saturated carbocycles. The van der Waals surface area contributed by atoms with Gasteiger partial charge in [-0.15, -0.1) is 0 Å². The third-order valence-corrected chi connectivity index (χ3v) is 7.52. The van der Waals surface area contributed by atoms with Crippen LogP contribution in [0.3, 0.4) is 0 Å². The van der Waals surface area contributed by atoms with Crippen molar-refractivity contribution in [2.45, 2.75) is 50.4 Å². The van der Waals surface area contributed by atoms with E-state index in [-0.39, 0.29) is 24.0 Å². The largest absolute Gasteiger partial charge is 0.506 e. The van der Waals surface area contributed by atoms with Crippen LogP contribution in [0.25, 0.3) is 10.9 Å². The molecule has 3 aromatic heterocycles. The van der Waals surface area contributed by atoms with E-state index in [1.54, 1.807) is 18.5 Å². The number of pyridine rings is 2. The molecule has 2 aliphatic heterocycles. The first-order chi connectivity index (χ1) is 18.6. The molecule has 3 aliphatic rings. The van der Waals surface area contributed by atoms with Crippen LogP contribution in [0.15, 0.2) is 30.7 Å². The molecule has 38 heavy (non-hydrogen) atoms. The fourth-order valence-electron chi connectivity index (χ4n) is 5.41. The van der Waals surface area contributed by atoms with Crippen molar-refractivity contribution < 1.29 is 19.3 Å². The van der Waals surface area contributed by atoms with E-state index < -0.39 is 0 Å². The van der Waals surface area contributed by atoms with Crippen LogP contribution >= 0.6 is 0 Å².